The molecule has 0 aliphatic carbocycles. The number of amides is 1. The van der Waals surface area contributed by atoms with Crippen LogP contribution >= 0.6 is 35.3 Å². The van der Waals surface area contributed by atoms with Crippen LogP contribution in [0.25, 0.3) is 0 Å². The van der Waals surface area contributed by atoms with Crippen LogP contribution in [0.1, 0.15) is 113 Å². The molecule has 0 saturated carbocycles. The van der Waals surface area contributed by atoms with Crippen molar-refractivity contribution in [3.8, 4) is 0 Å². The Bertz CT molecular complexity index is 5510. The van der Waals surface area contributed by atoms with Gasteiger partial charge in [0, 0.05) is 166 Å². The molecule has 0 radical (unpaired) electrons. The van der Waals surface area contributed by atoms with Gasteiger partial charge in [0.2, 0.25) is 5.91 Å². The summed E-state index contributed by atoms with van der Waals surface area (Å²) >= 11 is 4.98. The van der Waals surface area contributed by atoms with Crippen molar-refractivity contribution in [2.24, 2.45) is 15.0 Å². The average molecular weight is 1670 g/mol. The van der Waals surface area contributed by atoms with Gasteiger partial charge in [-0.25, -0.2) is 15.0 Å². The van der Waals surface area contributed by atoms with E-state index in [1.165, 1.54) is 62.8 Å². The van der Waals surface area contributed by atoms with Gasteiger partial charge < -0.3 is 39.6 Å². The number of fused-ring (bicyclic) bond motifs is 3. The molecule has 0 atom stereocenters. The van der Waals surface area contributed by atoms with Gasteiger partial charge in [-0.15, -0.1) is 0 Å². The molecule has 0 fully saturated rings. The first kappa shape index (κ1) is 86.1. The van der Waals surface area contributed by atoms with Crippen LogP contribution in [0.3, 0.4) is 0 Å². The van der Waals surface area contributed by atoms with Gasteiger partial charge in [-0.2, -0.15) is 0 Å². The molecule has 0 spiro atoms. The number of Topliss-reactive ketones (excluding diaryl/α,β-unsaturated/α-hetero) is 1. The van der Waals surface area contributed by atoms with Crippen LogP contribution in [0.2, 0.25) is 0 Å². The molecule has 16 heteroatoms. The third-order valence-electron chi connectivity index (χ3n) is 22.7. The van der Waals surface area contributed by atoms with Crippen LogP contribution in [-0.2, 0) is 50.0 Å². The fourth-order valence-corrected chi connectivity index (χ4v) is 20.5. The number of anilines is 7. The van der Waals surface area contributed by atoms with Gasteiger partial charge in [-0.3, -0.25) is 9.59 Å². The maximum Gasteiger partial charge on any atom is 0.222 e. The topological polar surface area (TPSA) is 106 Å². The third kappa shape index (κ3) is 19.0. The summed E-state index contributed by atoms with van der Waals surface area (Å²) in [6, 6.07) is 117. The lowest BCUT2D eigenvalue weighted by Gasteiger charge is -2.39. The van der Waals surface area contributed by atoms with Crippen molar-refractivity contribution in [2.75, 3.05) is 104 Å². The number of ketones is 1. The van der Waals surface area contributed by atoms with E-state index >= 15 is 0 Å². The summed E-state index contributed by atoms with van der Waals surface area (Å²) in [4.78, 5) is 55.8. The highest BCUT2D eigenvalue weighted by atomic mass is 32.2. The minimum atomic E-state index is -0.746. The molecule has 0 bridgehead atoms. The highest BCUT2D eigenvalue weighted by Crippen LogP contribution is 2.59. The first-order valence-corrected chi connectivity index (χ1v) is 44.2. The lowest BCUT2D eigenvalue weighted by Crippen LogP contribution is -2.36. The van der Waals surface area contributed by atoms with E-state index in [1.807, 2.05) is 52.1 Å². The second kappa shape index (κ2) is 38.6. The van der Waals surface area contributed by atoms with Crippen LogP contribution in [0, 0.1) is 6.92 Å². The molecule has 3 heterocycles. The number of aryl methyl sites for hydroxylation is 1. The minimum absolute atomic E-state index is 0.0368. The fourth-order valence-electron chi connectivity index (χ4n) is 16.4. The van der Waals surface area contributed by atoms with Crippen LogP contribution in [0.4, 0.5) is 56.9 Å². The van der Waals surface area contributed by atoms with E-state index in [0.717, 1.165) is 123 Å². The Balaban J connectivity index is 0.000000165. The molecule has 13 nitrogen and oxygen atoms in total. The summed E-state index contributed by atoms with van der Waals surface area (Å²) in [5.74, 6) is -0.166. The number of nitrogens with zero attached hydrogens (tertiary/aromatic N) is 10. The zero-order valence-corrected chi connectivity index (χ0v) is 74.9. The quantitative estimate of drug-likeness (QED) is 0.0623. The Morgan fingerprint density at radius 2 is 0.639 bits per heavy atom. The SMILES string of the molecule is CC(=O)NC1=Nc2ccccc2C(c2ccc(N(C)C)cc2)(c2ccc(N(C)C)cc2)S1.CC1=Nc2ccc(C)cc2C(c2ccc(N(C)C)cc2)(c2ccc(N(C)C)cc2)S1.CCN(CC)c1ccc2c(c1)N=C(C(C)=O)SC2(c1ccc(N(Cc2ccccc2)Cc2ccccc2)cc1)c1ccc(N(Cc2ccccc2)Cc2ccccc2)cc1. The molecule has 13 aromatic carbocycles. The molecule has 0 saturated heterocycles. The molecule has 618 valence electrons. The number of para-hydroxylation sites is 1. The summed E-state index contributed by atoms with van der Waals surface area (Å²) < 4.78 is -1.63. The molecule has 16 rings (SSSR count). The zero-order chi connectivity index (χ0) is 85.7. The van der Waals surface area contributed by atoms with E-state index < -0.39 is 9.49 Å². The van der Waals surface area contributed by atoms with Crippen molar-refractivity contribution >= 4 is 119 Å². The van der Waals surface area contributed by atoms with E-state index in [2.05, 4.69) is 411 Å². The molecule has 0 aromatic heterocycles. The second-order valence-corrected chi connectivity index (χ2v) is 35.8. The smallest absolute Gasteiger partial charge is 0.222 e. The number of rotatable bonds is 24. The van der Waals surface area contributed by atoms with E-state index in [4.69, 9.17) is 15.0 Å². The maximum absolute atomic E-state index is 13.5. The van der Waals surface area contributed by atoms with Crippen molar-refractivity contribution in [3.63, 3.8) is 0 Å². The number of carbonyl (C=O) groups excluding carboxylic acids is 2. The molecule has 3 aliphatic rings. The van der Waals surface area contributed by atoms with Crippen molar-refractivity contribution in [1.29, 1.82) is 0 Å². The van der Waals surface area contributed by atoms with Crippen molar-refractivity contribution in [2.45, 2.75) is 82.0 Å². The highest BCUT2D eigenvalue weighted by Gasteiger charge is 2.47. The molecule has 3 aliphatic heterocycles. The first-order chi connectivity index (χ1) is 59.0. The molecule has 1 N–H and O–H groups in total. The van der Waals surface area contributed by atoms with Gasteiger partial charge in [-0.1, -0.05) is 271 Å². The standard InChI is InChI=1S/C54H52N4OS.C26H28N4OS.C26H29N3S/c1-4-56(5-2)50-34-35-51-52(36-50)55-53(41(3)59)60-54(51,46-26-30-48(31-27-46)57(37-42-18-10-6-11-19-42)38-43-20-12-7-13-21-43)47-28-32-49(33-29-47)58(39-44-22-14-8-15-23-44)40-45-24-16-9-17-25-45;1-18(31)27-25-28-24-9-7-6-8-23(24)26(32-25,19-10-14-21(15-11-19)29(2)3)20-12-16-22(17-13-20)30(4)5;1-18-7-16-25-24(17-18)26(30-19(2)27-25,20-8-12-22(13-9-20)28(3)4)21-10-14-23(15-11-21)29(5)6/h6-36H,4-5,37-40H2,1-3H3;6-17H,1-5H3,(H,27,28,31);7-17H,1-6H3. The predicted octanol–water partition coefficient (Wildman–Crippen LogP) is 23.8. The summed E-state index contributed by atoms with van der Waals surface area (Å²) in [6.07, 6.45) is 0. The lowest BCUT2D eigenvalue weighted by atomic mass is 9.82. The first-order valence-electron chi connectivity index (χ1n) is 41.7. The Hall–Kier alpha value is -12.3. The fraction of sp³-hybridized carbons (Fsp3) is 0.217. The number of carbonyl (C=O) groups is 2. The predicted molar refractivity (Wildman–Crippen MR) is 523 cm³/mol. The molecular weight excluding hydrogens is 1560 g/mol. The van der Waals surface area contributed by atoms with E-state index in [-0.39, 0.29) is 16.4 Å². The van der Waals surface area contributed by atoms with Gasteiger partial charge in [0.15, 0.2) is 11.0 Å². The van der Waals surface area contributed by atoms with Crippen LogP contribution < -0.4 is 39.6 Å². The summed E-state index contributed by atoms with van der Waals surface area (Å²) in [7, 11) is 16.5. The Morgan fingerprint density at radius 1 is 0.311 bits per heavy atom. The summed E-state index contributed by atoms with van der Waals surface area (Å²) in [6.45, 7) is 16.6. The van der Waals surface area contributed by atoms with Crippen LogP contribution in [0.15, 0.2) is 343 Å². The monoisotopic (exact) mass is 1660 g/mol. The van der Waals surface area contributed by atoms with Gasteiger partial charge >= 0.3 is 0 Å². The molecular formula is C106H109N11O2S3. The van der Waals surface area contributed by atoms with Crippen molar-refractivity contribution in [3.05, 3.63) is 405 Å². The molecule has 1 amide bonds. The second-order valence-electron chi connectivity index (χ2n) is 32.0. The van der Waals surface area contributed by atoms with Gasteiger partial charge in [0.1, 0.15) is 9.79 Å². The van der Waals surface area contributed by atoms with E-state index in [0.29, 0.717) is 10.2 Å². The van der Waals surface area contributed by atoms with Crippen LogP contribution in [0.5, 0.6) is 0 Å². The summed E-state index contributed by atoms with van der Waals surface area (Å²) in [5.41, 5.74) is 27.5. The minimum Gasteiger partial charge on any atom is -0.378 e. The Kier molecular flexibility index (Phi) is 27.2. The maximum atomic E-state index is 13.5. The Labute approximate surface area is 735 Å². The van der Waals surface area contributed by atoms with Gasteiger partial charge in [-0.05, 0) is 180 Å². The number of benzene rings is 13. The average Bonchev–Trinajstić information content (AvgIpc) is 0.441. The van der Waals surface area contributed by atoms with Crippen molar-refractivity contribution in [1.82, 2.24) is 5.32 Å². The van der Waals surface area contributed by atoms with E-state index in [9.17, 15) is 9.59 Å². The summed E-state index contributed by atoms with van der Waals surface area (Å²) in [5, 5.41) is 5.13. The van der Waals surface area contributed by atoms with Gasteiger partial charge in [0.05, 0.1) is 31.6 Å². The van der Waals surface area contributed by atoms with Crippen molar-refractivity contribution < 1.29 is 9.59 Å². The highest BCUT2D eigenvalue weighted by molar-refractivity contribution is 8.17. The van der Waals surface area contributed by atoms with E-state index in [1.54, 1.807) is 30.4 Å². The largest absolute Gasteiger partial charge is 0.378 e. The normalized spacial score (nSPS) is 13.7. The number of hydrogen-bond acceptors (Lipinski definition) is 15. The number of amidine groups is 1. The molecule has 122 heavy (non-hydrogen) atoms. The zero-order valence-electron chi connectivity index (χ0n) is 72.4. The number of aliphatic imine (C=N–C) groups is 3. The lowest BCUT2D eigenvalue weighted by molar-refractivity contribution is -0.117. The third-order valence-corrected chi connectivity index (χ3v) is 27.1. The number of thioether (sulfide) groups is 3. The number of nitrogens with one attached hydrogen (secondary N) is 1. The van der Waals surface area contributed by atoms with Gasteiger partial charge in [0.25, 0.3) is 0 Å². The number of hydrogen-bond donors (Lipinski definition) is 1. The Morgan fingerprint density at radius 3 is 1.00 bits per heavy atom. The molecule has 13 aromatic rings. The van der Waals surface area contributed by atoms with Crippen LogP contribution in [-0.4, -0.2) is 96.4 Å². The molecule has 0 unspecified atom stereocenters.